The molecule has 0 aliphatic carbocycles. The minimum atomic E-state index is -0.463. The smallest absolute Gasteiger partial charge is 0.334 e. The van der Waals surface area contributed by atoms with Gasteiger partial charge < -0.3 is 9.92 Å². The highest BCUT2D eigenvalue weighted by molar-refractivity contribution is 9.50. The number of hydrogen-bond donors (Lipinski definition) is 1. The van der Waals surface area contributed by atoms with Crippen molar-refractivity contribution in [3.05, 3.63) is 0 Å². The van der Waals surface area contributed by atoms with Gasteiger partial charge in [-0.3, -0.25) is 0 Å². The summed E-state index contributed by atoms with van der Waals surface area (Å²) in [5.41, 5.74) is 5.49. The summed E-state index contributed by atoms with van der Waals surface area (Å²) >= 11 is 5.77. The Balaban J connectivity index is 0. The SMILES string of the molecule is CSBr.CSCC[C@@H](N)C(=O)OSC. The lowest BCUT2D eigenvalue weighted by Crippen LogP contribution is -2.31. The molecule has 0 bridgehead atoms. The standard InChI is InChI=1S/C6H13NO2S2.CH3BrS/c1-10-4-3-5(7)6(8)9-11-2;1-3-2/h5H,3-4,7H2,1-2H3;1H3/t5-;/m1./s1. The minimum absolute atomic E-state index is 0.327. The zero-order valence-electron chi connectivity index (χ0n) is 8.49. The van der Waals surface area contributed by atoms with Crippen molar-refractivity contribution in [3.63, 3.8) is 0 Å². The van der Waals surface area contributed by atoms with E-state index in [1.807, 2.05) is 12.5 Å². The first-order chi connectivity index (χ1) is 6.63. The molecule has 0 fully saturated rings. The number of carbonyl (C=O) groups is 1. The normalized spacial score (nSPS) is 11.2. The first kappa shape index (κ1) is 17.4. The first-order valence-electron chi connectivity index (χ1n) is 3.77. The van der Waals surface area contributed by atoms with Crippen LogP contribution in [0.2, 0.25) is 0 Å². The van der Waals surface area contributed by atoms with Gasteiger partial charge in [0, 0.05) is 6.26 Å². The van der Waals surface area contributed by atoms with Crippen LogP contribution < -0.4 is 5.73 Å². The molecule has 7 heteroatoms. The Hall–Kier alpha value is 0.960. The van der Waals surface area contributed by atoms with Crippen LogP contribution in [0.5, 0.6) is 0 Å². The molecular formula is C7H16BrNO2S3. The summed E-state index contributed by atoms with van der Waals surface area (Å²) in [4.78, 5) is 10.9. The van der Waals surface area contributed by atoms with Crippen LogP contribution in [0.25, 0.3) is 0 Å². The van der Waals surface area contributed by atoms with Gasteiger partial charge in [-0.15, -0.1) is 0 Å². The Morgan fingerprint density at radius 1 is 1.50 bits per heavy atom. The summed E-state index contributed by atoms with van der Waals surface area (Å²) in [5, 5.41) is 0. The summed E-state index contributed by atoms with van der Waals surface area (Å²) in [5.74, 6) is 0.566. The Labute approximate surface area is 106 Å². The van der Waals surface area contributed by atoms with E-state index in [1.54, 1.807) is 28.2 Å². The van der Waals surface area contributed by atoms with Gasteiger partial charge in [0.15, 0.2) is 0 Å². The third kappa shape index (κ3) is 13.0. The number of rotatable bonds is 5. The van der Waals surface area contributed by atoms with E-state index >= 15 is 0 Å². The van der Waals surface area contributed by atoms with Gasteiger partial charge in [-0.05, 0) is 39.5 Å². The molecule has 86 valence electrons. The summed E-state index contributed by atoms with van der Waals surface area (Å²) < 4.78 is 4.64. The molecule has 0 aliphatic rings. The molecular weight excluding hydrogens is 306 g/mol. The van der Waals surface area contributed by atoms with E-state index in [0.29, 0.717) is 6.42 Å². The fourth-order valence-corrected chi connectivity index (χ4v) is 1.28. The third-order valence-corrected chi connectivity index (χ3v) is 2.08. The number of halogens is 1. The molecule has 0 spiro atoms. The van der Waals surface area contributed by atoms with Crippen molar-refractivity contribution in [2.75, 3.05) is 24.5 Å². The van der Waals surface area contributed by atoms with Gasteiger partial charge in [-0.25, -0.2) is 4.79 Å². The second-order valence-electron chi connectivity index (χ2n) is 2.11. The zero-order valence-corrected chi connectivity index (χ0v) is 12.5. The second-order valence-corrected chi connectivity index (χ2v) is 5.85. The highest BCUT2D eigenvalue weighted by Crippen LogP contribution is 2.03. The summed E-state index contributed by atoms with van der Waals surface area (Å²) in [6, 6.07) is -0.463. The number of nitrogens with two attached hydrogens (primary N) is 1. The number of carbonyl (C=O) groups excluding carboxylic acids is 1. The Morgan fingerprint density at radius 2 is 2.00 bits per heavy atom. The van der Waals surface area contributed by atoms with Crippen LogP contribution >= 0.6 is 48.8 Å². The van der Waals surface area contributed by atoms with E-state index in [9.17, 15) is 4.79 Å². The van der Waals surface area contributed by atoms with Crippen LogP contribution in [0, 0.1) is 0 Å². The van der Waals surface area contributed by atoms with Crippen molar-refractivity contribution in [1.82, 2.24) is 0 Å². The summed E-state index contributed by atoms with van der Waals surface area (Å²) in [7, 11) is 1.56. The fourth-order valence-electron chi connectivity index (χ4n) is 0.507. The van der Waals surface area contributed by atoms with E-state index in [-0.39, 0.29) is 5.97 Å². The molecule has 0 unspecified atom stereocenters. The van der Waals surface area contributed by atoms with E-state index in [1.165, 1.54) is 0 Å². The molecule has 0 rings (SSSR count). The average Bonchev–Trinajstić information content (AvgIpc) is 2.15. The maximum atomic E-state index is 10.9. The minimum Gasteiger partial charge on any atom is -0.391 e. The van der Waals surface area contributed by atoms with Crippen LogP contribution in [0.3, 0.4) is 0 Å². The lowest BCUT2D eigenvalue weighted by molar-refractivity contribution is -0.134. The van der Waals surface area contributed by atoms with Gasteiger partial charge in [-0.2, -0.15) is 11.8 Å². The summed E-state index contributed by atoms with van der Waals surface area (Å²) in [6.07, 6.45) is 6.31. The van der Waals surface area contributed by atoms with Crippen molar-refractivity contribution in [1.29, 1.82) is 0 Å². The molecule has 14 heavy (non-hydrogen) atoms. The van der Waals surface area contributed by atoms with Crippen LogP contribution in [0.4, 0.5) is 0 Å². The molecule has 2 N–H and O–H groups in total. The third-order valence-electron chi connectivity index (χ3n) is 1.10. The summed E-state index contributed by atoms with van der Waals surface area (Å²) in [6.45, 7) is 0. The van der Waals surface area contributed by atoms with Crippen molar-refractivity contribution in [2.24, 2.45) is 5.73 Å². The van der Waals surface area contributed by atoms with E-state index in [4.69, 9.17) is 5.73 Å². The van der Waals surface area contributed by atoms with Crippen LogP contribution in [-0.4, -0.2) is 36.5 Å². The maximum Gasteiger partial charge on any atom is 0.334 e. The van der Waals surface area contributed by atoms with Crippen molar-refractivity contribution >= 4 is 54.8 Å². The monoisotopic (exact) mass is 321 g/mol. The van der Waals surface area contributed by atoms with Crippen LogP contribution in [-0.2, 0) is 8.98 Å². The molecule has 0 aliphatic heterocycles. The molecule has 0 aromatic rings. The van der Waals surface area contributed by atoms with Crippen LogP contribution in [0.1, 0.15) is 6.42 Å². The highest BCUT2D eigenvalue weighted by Gasteiger charge is 2.13. The Morgan fingerprint density at radius 3 is 2.36 bits per heavy atom. The molecule has 3 nitrogen and oxygen atoms in total. The van der Waals surface area contributed by atoms with Gasteiger partial charge in [0.05, 0.1) is 12.0 Å². The van der Waals surface area contributed by atoms with Crippen molar-refractivity contribution in [2.45, 2.75) is 12.5 Å². The predicted octanol–water partition coefficient (Wildman–Crippen LogP) is 2.55. The molecule has 0 radical (unpaired) electrons. The van der Waals surface area contributed by atoms with E-state index in [2.05, 4.69) is 19.0 Å². The zero-order chi connectivity index (χ0) is 11.4. The van der Waals surface area contributed by atoms with Crippen LogP contribution in [0.15, 0.2) is 0 Å². The first-order valence-corrected chi connectivity index (χ1v) is 9.38. The van der Waals surface area contributed by atoms with E-state index < -0.39 is 6.04 Å². The molecule has 0 amide bonds. The molecule has 1 atom stereocenters. The topological polar surface area (TPSA) is 52.3 Å². The average molecular weight is 322 g/mol. The second kappa shape index (κ2) is 14.0. The fraction of sp³-hybridized carbons (Fsp3) is 0.857. The van der Waals surface area contributed by atoms with Crippen molar-refractivity contribution < 1.29 is 8.98 Å². The molecule has 0 saturated carbocycles. The van der Waals surface area contributed by atoms with Gasteiger partial charge in [-0.1, -0.05) is 10.2 Å². The number of hydrogen-bond acceptors (Lipinski definition) is 6. The Kier molecular flexibility index (Phi) is 17.3. The lowest BCUT2D eigenvalue weighted by Gasteiger charge is -2.07. The largest absolute Gasteiger partial charge is 0.391 e. The van der Waals surface area contributed by atoms with Gasteiger partial charge >= 0.3 is 5.97 Å². The maximum absolute atomic E-state index is 10.9. The quantitative estimate of drug-likeness (QED) is 0.785. The molecule has 0 saturated heterocycles. The number of thioether (sulfide) groups is 1. The molecule has 0 aromatic carbocycles. The highest BCUT2D eigenvalue weighted by atomic mass is 79.9. The molecule has 0 aromatic heterocycles. The van der Waals surface area contributed by atoms with Crippen molar-refractivity contribution in [3.8, 4) is 0 Å². The molecule has 0 heterocycles. The van der Waals surface area contributed by atoms with Gasteiger partial charge in [0.1, 0.15) is 6.04 Å². The van der Waals surface area contributed by atoms with E-state index in [0.717, 1.165) is 17.8 Å². The Bertz CT molecular complexity index is 140. The predicted molar refractivity (Wildman–Crippen MR) is 73.0 cm³/mol. The van der Waals surface area contributed by atoms with Gasteiger partial charge in [0.25, 0.3) is 0 Å². The van der Waals surface area contributed by atoms with Gasteiger partial charge in [0.2, 0.25) is 0 Å². The lowest BCUT2D eigenvalue weighted by atomic mass is 10.2.